The molecule has 1 aromatic heterocycles. The Labute approximate surface area is 104 Å². The van der Waals surface area contributed by atoms with Crippen molar-refractivity contribution in [2.24, 2.45) is 5.92 Å². The first kappa shape index (κ1) is 11.2. The first-order valence-electron chi connectivity index (χ1n) is 6.19. The lowest BCUT2D eigenvalue weighted by Crippen LogP contribution is -2.20. The Kier molecular flexibility index (Phi) is 2.74. The number of carbonyl (C=O) groups is 1. The summed E-state index contributed by atoms with van der Waals surface area (Å²) in [6, 6.07) is 4.71. The van der Waals surface area contributed by atoms with Crippen LogP contribution in [0.2, 0.25) is 0 Å². The highest BCUT2D eigenvalue weighted by Crippen LogP contribution is 2.28. The van der Waals surface area contributed by atoms with Gasteiger partial charge in [0.05, 0.1) is 10.9 Å². The van der Waals surface area contributed by atoms with Gasteiger partial charge in [0.1, 0.15) is 5.82 Å². The van der Waals surface area contributed by atoms with Gasteiger partial charge in [-0.15, -0.1) is 0 Å². The molecular formula is C13H14FN3O. The molecule has 0 radical (unpaired) electrons. The molecule has 0 unspecified atom stereocenters. The Morgan fingerprint density at radius 2 is 2.17 bits per heavy atom. The number of hydrogen-bond donors (Lipinski definition) is 2. The molecule has 3 rings (SSSR count). The molecular weight excluding hydrogens is 233 g/mol. The van der Waals surface area contributed by atoms with Gasteiger partial charge < -0.3 is 5.32 Å². The first-order chi connectivity index (χ1) is 8.75. The lowest BCUT2D eigenvalue weighted by molar-refractivity contribution is -0.119. The summed E-state index contributed by atoms with van der Waals surface area (Å²) in [4.78, 5) is 12.0. The second-order valence-electron chi connectivity index (χ2n) is 4.71. The zero-order chi connectivity index (χ0) is 12.5. The summed E-state index contributed by atoms with van der Waals surface area (Å²) >= 11 is 0. The Morgan fingerprint density at radius 3 is 2.94 bits per heavy atom. The van der Waals surface area contributed by atoms with Crippen molar-refractivity contribution in [3.63, 3.8) is 0 Å². The molecule has 1 saturated carbocycles. The minimum Gasteiger partial charge on any atom is -0.308 e. The van der Waals surface area contributed by atoms with E-state index in [1.807, 2.05) is 0 Å². The molecule has 2 aromatic rings. The lowest BCUT2D eigenvalue weighted by Gasteiger charge is -2.08. The Morgan fingerprint density at radius 1 is 1.39 bits per heavy atom. The van der Waals surface area contributed by atoms with Crippen molar-refractivity contribution < 1.29 is 9.18 Å². The number of halogens is 1. The fourth-order valence-corrected chi connectivity index (χ4v) is 2.53. The fourth-order valence-electron chi connectivity index (χ4n) is 2.53. The van der Waals surface area contributed by atoms with Gasteiger partial charge in [0.2, 0.25) is 5.91 Å². The van der Waals surface area contributed by atoms with Gasteiger partial charge >= 0.3 is 0 Å². The maximum atomic E-state index is 13.7. The van der Waals surface area contributed by atoms with Crippen molar-refractivity contribution in [3.05, 3.63) is 24.0 Å². The molecule has 94 valence electrons. The monoisotopic (exact) mass is 247 g/mol. The van der Waals surface area contributed by atoms with Crippen LogP contribution >= 0.6 is 0 Å². The van der Waals surface area contributed by atoms with Gasteiger partial charge in [0.15, 0.2) is 5.82 Å². The van der Waals surface area contributed by atoms with E-state index in [1.165, 1.54) is 6.07 Å². The van der Waals surface area contributed by atoms with E-state index in [-0.39, 0.29) is 17.6 Å². The Bertz CT molecular complexity index is 587. The maximum absolute atomic E-state index is 13.7. The average molecular weight is 247 g/mol. The van der Waals surface area contributed by atoms with E-state index in [4.69, 9.17) is 0 Å². The summed E-state index contributed by atoms with van der Waals surface area (Å²) in [5.74, 6) is -0.0874. The molecule has 1 heterocycles. The number of aromatic nitrogens is 2. The van der Waals surface area contributed by atoms with Crippen LogP contribution in [0.4, 0.5) is 10.2 Å². The van der Waals surface area contributed by atoms with Gasteiger partial charge in [-0.2, -0.15) is 5.10 Å². The van der Waals surface area contributed by atoms with Crippen LogP contribution in [0.15, 0.2) is 18.2 Å². The molecule has 1 amide bonds. The molecule has 2 N–H and O–H groups in total. The molecule has 4 nitrogen and oxygen atoms in total. The molecule has 0 spiro atoms. The number of anilines is 1. The van der Waals surface area contributed by atoms with Gasteiger partial charge in [-0.25, -0.2) is 4.39 Å². The zero-order valence-electron chi connectivity index (χ0n) is 9.87. The van der Waals surface area contributed by atoms with Crippen LogP contribution in [0.25, 0.3) is 10.9 Å². The SMILES string of the molecule is O=C(Nc1n[nH]c2cccc(F)c12)C1CCCC1. The van der Waals surface area contributed by atoms with E-state index >= 15 is 0 Å². The number of hydrogen-bond acceptors (Lipinski definition) is 2. The number of nitrogens with zero attached hydrogens (tertiary/aromatic N) is 1. The standard InChI is InChI=1S/C13H14FN3O/c14-9-6-3-7-10-11(9)12(17-16-10)15-13(18)8-4-1-2-5-8/h3,6-8H,1-2,4-5H2,(H2,15,16,17,18). The number of amides is 1. The van der Waals surface area contributed by atoms with E-state index in [0.717, 1.165) is 25.7 Å². The predicted molar refractivity (Wildman–Crippen MR) is 66.6 cm³/mol. The number of aromatic amines is 1. The van der Waals surface area contributed by atoms with Crippen LogP contribution in [-0.2, 0) is 4.79 Å². The summed E-state index contributed by atoms with van der Waals surface area (Å²) in [5.41, 5.74) is 0.594. The van der Waals surface area contributed by atoms with Gasteiger partial charge in [0.25, 0.3) is 0 Å². The summed E-state index contributed by atoms with van der Waals surface area (Å²) < 4.78 is 13.7. The molecule has 1 aliphatic carbocycles. The van der Waals surface area contributed by atoms with Gasteiger partial charge in [-0.3, -0.25) is 9.89 Å². The number of nitrogens with one attached hydrogen (secondary N) is 2. The normalized spacial score (nSPS) is 16.3. The smallest absolute Gasteiger partial charge is 0.228 e. The molecule has 0 aliphatic heterocycles. The molecule has 0 bridgehead atoms. The van der Waals surface area contributed by atoms with Crippen molar-refractivity contribution in [2.75, 3.05) is 5.32 Å². The number of H-pyrrole nitrogens is 1. The second kappa shape index (κ2) is 4.40. The lowest BCUT2D eigenvalue weighted by atomic mass is 10.1. The summed E-state index contributed by atoms with van der Waals surface area (Å²) in [6.07, 6.45) is 4.01. The van der Waals surface area contributed by atoms with Crippen LogP contribution in [0.1, 0.15) is 25.7 Å². The minimum atomic E-state index is -0.372. The number of rotatable bonds is 2. The van der Waals surface area contributed by atoms with E-state index in [0.29, 0.717) is 16.7 Å². The van der Waals surface area contributed by atoms with E-state index in [9.17, 15) is 9.18 Å². The van der Waals surface area contributed by atoms with Crippen LogP contribution in [0.3, 0.4) is 0 Å². The van der Waals surface area contributed by atoms with Crippen molar-refractivity contribution in [2.45, 2.75) is 25.7 Å². The molecule has 0 atom stereocenters. The first-order valence-corrected chi connectivity index (χ1v) is 6.19. The highest BCUT2D eigenvalue weighted by atomic mass is 19.1. The number of fused-ring (bicyclic) bond motifs is 1. The second-order valence-corrected chi connectivity index (χ2v) is 4.71. The Hall–Kier alpha value is -1.91. The zero-order valence-corrected chi connectivity index (χ0v) is 9.87. The minimum absolute atomic E-state index is 0.0449. The van der Waals surface area contributed by atoms with Crippen molar-refractivity contribution in [1.29, 1.82) is 0 Å². The van der Waals surface area contributed by atoms with Gasteiger partial charge in [-0.05, 0) is 25.0 Å². The number of carbonyl (C=O) groups excluding carboxylic acids is 1. The van der Waals surface area contributed by atoms with Crippen molar-refractivity contribution >= 4 is 22.6 Å². The quantitative estimate of drug-likeness (QED) is 0.857. The third-order valence-corrected chi connectivity index (χ3v) is 3.51. The third-order valence-electron chi connectivity index (χ3n) is 3.51. The topological polar surface area (TPSA) is 57.8 Å². The summed E-state index contributed by atoms with van der Waals surface area (Å²) in [6.45, 7) is 0. The van der Waals surface area contributed by atoms with Crippen LogP contribution in [0.5, 0.6) is 0 Å². The van der Waals surface area contributed by atoms with E-state index < -0.39 is 0 Å². The molecule has 1 aliphatic rings. The van der Waals surface area contributed by atoms with Crippen molar-refractivity contribution in [3.8, 4) is 0 Å². The highest BCUT2D eigenvalue weighted by Gasteiger charge is 2.24. The molecule has 5 heteroatoms. The highest BCUT2D eigenvalue weighted by molar-refractivity contribution is 6.00. The summed E-state index contributed by atoms with van der Waals surface area (Å²) in [5, 5.41) is 9.77. The fraction of sp³-hybridized carbons (Fsp3) is 0.385. The maximum Gasteiger partial charge on any atom is 0.228 e. The molecule has 0 saturated heterocycles. The predicted octanol–water partition coefficient (Wildman–Crippen LogP) is 2.83. The molecule has 1 fully saturated rings. The number of benzene rings is 1. The van der Waals surface area contributed by atoms with Crippen LogP contribution < -0.4 is 5.32 Å². The van der Waals surface area contributed by atoms with Crippen LogP contribution in [-0.4, -0.2) is 16.1 Å². The van der Waals surface area contributed by atoms with Crippen molar-refractivity contribution in [1.82, 2.24) is 10.2 Å². The average Bonchev–Trinajstić information content (AvgIpc) is 2.99. The summed E-state index contributed by atoms with van der Waals surface area (Å²) in [7, 11) is 0. The molecule has 1 aromatic carbocycles. The largest absolute Gasteiger partial charge is 0.308 e. The van der Waals surface area contributed by atoms with Crippen LogP contribution in [0, 0.1) is 11.7 Å². The van der Waals surface area contributed by atoms with E-state index in [1.54, 1.807) is 12.1 Å². The van der Waals surface area contributed by atoms with Gasteiger partial charge in [0, 0.05) is 5.92 Å². The Balaban J connectivity index is 1.88. The van der Waals surface area contributed by atoms with Gasteiger partial charge in [-0.1, -0.05) is 18.9 Å². The third kappa shape index (κ3) is 1.85. The molecule has 18 heavy (non-hydrogen) atoms. The van der Waals surface area contributed by atoms with E-state index in [2.05, 4.69) is 15.5 Å².